The zero-order valence-corrected chi connectivity index (χ0v) is 18.0. The molecular formula is C23H26O6S. The summed E-state index contributed by atoms with van der Waals surface area (Å²) >= 11 is 1.56. The summed E-state index contributed by atoms with van der Waals surface area (Å²) in [5.41, 5.74) is 0.148. The Kier molecular flexibility index (Phi) is 6.46. The van der Waals surface area contributed by atoms with Gasteiger partial charge in [-0.15, -0.1) is 0 Å². The van der Waals surface area contributed by atoms with Gasteiger partial charge in [-0.1, -0.05) is 48.2 Å². The first kappa shape index (κ1) is 21.3. The van der Waals surface area contributed by atoms with E-state index in [1.807, 2.05) is 50.2 Å². The third-order valence-electron chi connectivity index (χ3n) is 5.08. The maximum atomic E-state index is 12.7. The summed E-state index contributed by atoms with van der Waals surface area (Å²) < 4.78 is 30.1. The minimum Gasteiger partial charge on any atom is -0.453 e. The molecule has 0 saturated carbocycles. The lowest BCUT2D eigenvalue weighted by atomic mass is 10.0. The minimum atomic E-state index is -1.22. The van der Waals surface area contributed by atoms with Crippen molar-refractivity contribution in [2.75, 3.05) is 6.61 Å². The molecule has 6 nitrogen and oxygen atoms in total. The van der Waals surface area contributed by atoms with Crippen LogP contribution in [0.15, 0.2) is 65.6 Å². The summed E-state index contributed by atoms with van der Waals surface area (Å²) in [5, 5.41) is 0. The van der Waals surface area contributed by atoms with E-state index in [-0.39, 0.29) is 11.5 Å². The zero-order chi connectivity index (χ0) is 21.1. The van der Waals surface area contributed by atoms with Crippen molar-refractivity contribution in [2.24, 2.45) is 0 Å². The van der Waals surface area contributed by atoms with Crippen LogP contribution in [0.5, 0.6) is 0 Å². The second-order valence-electron chi connectivity index (χ2n) is 7.34. The van der Waals surface area contributed by atoms with Crippen molar-refractivity contribution >= 4 is 17.7 Å². The molecule has 2 aliphatic heterocycles. The van der Waals surface area contributed by atoms with Gasteiger partial charge < -0.3 is 23.7 Å². The number of benzene rings is 2. The molecule has 6 atom stereocenters. The molecule has 160 valence electrons. The Labute approximate surface area is 180 Å². The molecule has 30 heavy (non-hydrogen) atoms. The normalized spacial score (nSPS) is 33.1. The summed E-state index contributed by atoms with van der Waals surface area (Å²) in [6, 6.07) is 18.9. The molecule has 0 aliphatic carbocycles. The van der Waals surface area contributed by atoms with Crippen molar-refractivity contribution in [3.05, 3.63) is 66.2 Å². The van der Waals surface area contributed by atoms with Crippen LogP contribution in [0, 0.1) is 0 Å². The van der Waals surface area contributed by atoms with Crippen LogP contribution < -0.4 is 0 Å². The van der Waals surface area contributed by atoms with Gasteiger partial charge in [-0.25, -0.2) is 4.79 Å². The van der Waals surface area contributed by atoms with E-state index < -0.39 is 30.3 Å². The average Bonchev–Trinajstić information content (AvgIpc) is 3.10. The van der Waals surface area contributed by atoms with Crippen molar-refractivity contribution in [2.45, 2.75) is 61.5 Å². The fraction of sp³-hybridized carbons (Fsp3) is 0.435. The Morgan fingerprint density at radius 1 is 1.03 bits per heavy atom. The number of fused-ring (bicyclic) bond motifs is 1. The van der Waals surface area contributed by atoms with Gasteiger partial charge in [0.1, 0.15) is 17.6 Å². The molecule has 0 aromatic heterocycles. The highest BCUT2D eigenvalue weighted by molar-refractivity contribution is 7.99. The maximum Gasteiger partial charge on any atom is 0.338 e. The van der Waals surface area contributed by atoms with Crippen LogP contribution in [-0.2, 0) is 23.7 Å². The second kappa shape index (κ2) is 9.08. The van der Waals surface area contributed by atoms with Crippen LogP contribution >= 0.6 is 11.8 Å². The van der Waals surface area contributed by atoms with Gasteiger partial charge >= 0.3 is 5.97 Å². The molecule has 4 rings (SSSR count). The molecule has 2 aromatic carbocycles. The van der Waals surface area contributed by atoms with E-state index in [1.54, 1.807) is 43.0 Å². The molecule has 1 unspecified atom stereocenters. The number of carbonyl (C=O) groups is 1. The first-order valence-electron chi connectivity index (χ1n) is 10.1. The Balaban J connectivity index is 1.56. The number of rotatable bonds is 6. The highest BCUT2D eigenvalue weighted by atomic mass is 32.2. The van der Waals surface area contributed by atoms with Gasteiger partial charge in [0.15, 0.2) is 6.10 Å². The van der Waals surface area contributed by atoms with E-state index in [0.717, 1.165) is 4.90 Å². The fourth-order valence-electron chi connectivity index (χ4n) is 3.74. The first-order chi connectivity index (χ1) is 14.5. The summed E-state index contributed by atoms with van der Waals surface area (Å²) in [5.74, 6) is -1.64. The van der Waals surface area contributed by atoms with E-state index >= 15 is 0 Å². The van der Waals surface area contributed by atoms with Gasteiger partial charge in [0.25, 0.3) is 5.97 Å². The van der Waals surface area contributed by atoms with Crippen LogP contribution in [0.4, 0.5) is 0 Å². The predicted octanol–water partition coefficient (Wildman–Crippen LogP) is 4.24. The Morgan fingerprint density at radius 2 is 1.67 bits per heavy atom. The van der Waals surface area contributed by atoms with E-state index in [4.69, 9.17) is 23.7 Å². The SMILES string of the molecule is CCOC1(C)O[C@@H]2[C@@H](OC(=O)c3ccccc3)[C@H](C)O[C@@H](Sc3ccccc3)[C@@H]2O1. The molecule has 0 N–H and O–H groups in total. The van der Waals surface area contributed by atoms with E-state index in [2.05, 4.69) is 0 Å². The number of thioether (sulfide) groups is 1. The molecule has 0 amide bonds. The van der Waals surface area contributed by atoms with Crippen molar-refractivity contribution < 1.29 is 28.5 Å². The smallest absolute Gasteiger partial charge is 0.338 e. The molecule has 2 saturated heterocycles. The zero-order valence-electron chi connectivity index (χ0n) is 17.2. The highest BCUT2D eigenvalue weighted by Gasteiger charge is 2.58. The van der Waals surface area contributed by atoms with Gasteiger partial charge in [0.2, 0.25) is 0 Å². The lowest BCUT2D eigenvalue weighted by molar-refractivity contribution is -0.330. The van der Waals surface area contributed by atoms with Crippen LogP contribution in [0.25, 0.3) is 0 Å². The predicted molar refractivity (Wildman–Crippen MR) is 112 cm³/mol. The molecule has 2 aromatic rings. The molecular weight excluding hydrogens is 404 g/mol. The number of ether oxygens (including phenoxy) is 5. The molecule has 0 bridgehead atoms. The minimum absolute atomic E-state index is 0.332. The average molecular weight is 431 g/mol. The van der Waals surface area contributed by atoms with Crippen LogP contribution in [-0.4, -0.2) is 48.4 Å². The van der Waals surface area contributed by atoms with E-state index in [9.17, 15) is 4.79 Å². The van der Waals surface area contributed by atoms with Crippen molar-refractivity contribution in [3.8, 4) is 0 Å². The topological polar surface area (TPSA) is 63.2 Å². The molecule has 7 heteroatoms. The lowest BCUT2D eigenvalue weighted by Crippen LogP contribution is -2.55. The van der Waals surface area contributed by atoms with E-state index in [1.165, 1.54) is 0 Å². The summed E-state index contributed by atoms with van der Waals surface area (Å²) in [6.45, 7) is 5.93. The Hall–Kier alpha value is -1.90. The number of esters is 1. The lowest BCUT2D eigenvalue weighted by Gasteiger charge is -2.40. The van der Waals surface area contributed by atoms with Crippen molar-refractivity contribution in [3.63, 3.8) is 0 Å². The quantitative estimate of drug-likeness (QED) is 0.635. The summed E-state index contributed by atoms with van der Waals surface area (Å²) in [7, 11) is 0. The van der Waals surface area contributed by atoms with Crippen LogP contribution in [0.1, 0.15) is 31.1 Å². The first-order valence-corrected chi connectivity index (χ1v) is 11.0. The largest absolute Gasteiger partial charge is 0.453 e. The fourth-order valence-corrected chi connectivity index (χ4v) is 4.90. The second-order valence-corrected chi connectivity index (χ2v) is 8.51. The van der Waals surface area contributed by atoms with Crippen molar-refractivity contribution in [1.29, 1.82) is 0 Å². The van der Waals surface area contributed by atoms with Crippen molar-refractivity contribution in [1.82, 2.24) is 0 Å². The third-order valence-corrected chi connectivity index (χ3v) is 6.24. The van der Waals surface area contributed by atoms with Crippen LogP contribution in [0.2, 0.25) is 0 Å². The van der Waals surface area contributed by atoms with E-state index in [0.29, 0.717) is 12.2 Å². The summed E-state index contributed by atoms with van der Waals surface area (Å²) in [6.07, 6.45) is -1.99. The van der Waals surface area contributed by atoms with Gasteiger partial charge in [-0.2, -0.15) is 0 Å². The molecule has 2 aliphatic rings. The number of hydrogen-bond acceptors (Lipinski definition) is 7. The maximum absolute atomic E-state index is 12.7. The molecule has 0 radical (unpaired) electrons. The molecule has 2 fully saturated rings. The van der Waals surface area contributed by atoms with Gasteiger partial charge in [-0.05, 0) is 38.1 Å². The third kappa shape index (κ3) is 4.55. The Morgan fingerprint density at radius 3 is 2.33 bits per heavy atom. The summed E-state index contributed by atoms with van der Waals surface area (Å²) in [4.78, 5) is 13.8. The standard InChI is InChI=1S/C23H26O6S/c1-4-25-23(3)28-19-18(27-21(24)16-11-7-5-8-12-16)15(2)26-22(20(19)29-23)30-17-13-9-6-10-14-17/h5-15,18-20,22H,4H2,1-3H3/t15-,18-,19+,20+,22-,23?/m0/s1. The Bertz CT molecular complexity index is 847. The van der Waals surface area contributed by atoms with Gasteiger partial charge in [-0.3, -0.25) is 0 Å². The van der Waals surface area contributed by atoms with Crippen LogP contribution in [0.3, 0.4) is 0 Å². The van der Waals surface area contributed by atoms with Gasteiger partial charge in [0, 0.05) is 18.4 Å². The molecule has 0 spiro atoms. The molecule has 2 heterocycles. The monoisotopic (exact) mass is 430 g/mol. The van der Waals surface area contributed by atoms with Gasteiger partial charge in [0.05, 0.1) is 11.7 Å². The highest BCUT2D eigenvalue weighted by Crippen LogP contribution is 2.44. The number of carbonyl (C=O) groups excluding carboxylic acids is 1. The number of hydrogen-bond donors (Lipinski definition) is 0.